The average molecular weight is 397 g/mol. The fourth-order valence-electron chi connectivity index (χ4n) is 3.36. The molecule has 0 unspecified atom stereocenters. The monoisotopic (exact) mass is 397 g/mol. The Morgan fingerprint density at radius 3 is 2.23 bits per heavy atom. The maximum atomic E-state index is 11.9. The third-order valence-corrected chi connectivity index (χ3v) is 5.10. The Morgan fingerprint density at radius 1 is 0.900 bits per heavy atom. The molecule has 0 saturated carbocycles. The Balaban J connectivity index is 1.80. The quantitative estimate of drug-likeness (QED) is 0.429. The lowest BCUT2D eigenvalue weighted by atomic mass is 9.99. The highest BCUT2D eigenvalue weighted by Crippen LogP contribution is 2.33. The predicted molar refractivity (Wildman–Crippen MR) is 120 cm³/mol. The van der Waals surface area contributed by atoms with Crippen LogP contribution in [0.1, 0.15) is 28.4 Å². The van der Waals surface area contributed by atoms with Crippen molar-refractivity contribution in [3.8, 4) is 11.3 Å². The van der Waals surface area contributed by atoms with Crippen LogP contribution in [0.2, 0.25) is 0 Å². The van der Waals surface area contributed by atoms with Crippen molar-refractivity contribution >= 4 is 28.2 Å². The van der Waals surface area contributed by atoms with Crippen molar-refractivity contribution in [2.75, 3.05) is 11.9 Å². The van der Waals surface area contributed by atoms with E-state index in [-0.39, 0.29) is 5.97 Å². The number of ether oxygens (including phenoxy) is 1. The molecule has 30 heavy (non-hydrogen) atoms. The van der Waals surface area contributed by atoms with Crippen LogP contribution in [0.15, 0.2) is 66.7 Å². The molecular formula is C25H23N3O2. The van der Waals surface area contributed by atoms with Gasteiger partial charge >= 0.3 is 5.97 Å². The number of fused-ring (bicyclic) bond motifs is 1. The zero-order chi connectivity index (χ0) is 21.1. The molecule has 0 amide bonds. The van der Waals surface area contributed by atoms with Crippen LogP contribution in [-0.2, 0) is 4.74 Å². The number of rotatable bonds is 5. The summed E-state index contributed by atoms with van der Waals surface area (Å²) in [4.78, 5) is 11.9. The number of nitrogens with zero attached hydrogens (tertiary/aromatic N) is 2. The summed E-state index contributed by atoms with van der Waals surface area (Å²) in [6.07, 6.45) is 0. The van der Waals surface area contributed by atoms with E-state index in [1.165, 1.54) is 11.1 Å². The first kappa shape index (κ1) is 19.6. The summed E-state index contributed by atoms with van der Waals surface area (Å²) in [7, 11) is 0. The van der Waals surface area contributed by atoms with Gasteiger partial charge in [0.15, 0.2) is 5.82 Å². The molecule has 1 aromatic heterocycles. The highest BCUT2D eigenvalue weighted by molar-refractivity contribution is 6.02. The summed E-state index contributed by atoms with van der Waals surface area (Å²) in [6, 6.07) is 21.5. The van der Waals surface area contributed by atoms with Gasteiger partial charge in [0.1, 0.15) is 5.69 Å². The third kappa shape index (κ3) is 3.87. The Labute approximate surface area is 175 Å². The lowest BCUT2D eigenvalue weighted by Gasteiger charge is -2.13. The van der Waals surface area contributed by atoms with Crippen LogP contribution >= 0.6 is 0 Å². The van der Waals surface area contributed by atoms with Gasteiger partial charge in [0.25, 0.3) is 0 Å². The zero-order valence-electron chi connectivity index (χ0n) is 17.3. The van der Waals surface area contributed by atoms with E-state index in [9.17, 15) is 4.79 Å². The molecule has 5 nitrogen and oxygen atoms in total. The average Bonchev–Trinajstić information content (AvgIpc) is 2.76. The standard InChI is InChI=1S/C25H23N3O2/c1-4-30-25(29)19-12-10-18(11-13-19)23-21-14-16(2)17(3)15-22(21)24(28-27-23)26-20-8-6-5-7-9-20/h5-15H,4H2,1-3H3,(H,26,28). The molecule has 0 fully saturated rings. The Kier molecular flexibility index (Phi) is 5.44. The van der Waals surface area contributed by atoms with Gasteiger partial charge in [0, 0.05) is 22.0 Å². The molecule has 0 aliphatic carbocycles. The normalized spacial score (nSPS) is 10.8. The van der Waals surface area contributed by atoms with Crippen LogP contribution in [0.4, 0.5) is 11.5 Å². The van der Waals surface area contributed by atoms with Gasteiger partial charge in [0.2, 0.25) is 0 Å². The van der Waals surface area contributed by atoms with E-state index in [0.717, 1.165) is 27.7 Å². The first-order valence-corrected chi connectivity index (χ1v) is 9.94. The van der Waals surface area contributed by atoms with Gasteiger partial charge in [-0.05, 0) is 68.3 Å². The van der Waals surface area contributed by atoms with E-state index in [1.54, 1.807) is 19.1 Å². The van der Waals surface area contributed by atoms with Crippen LogP contribution in [0.3, 0.4) is 0 Å². The molecule has 150 valence electrons. The SMILES string of the molecule is CCOC(=O)c1ccc(-c2nnc(Nc3ccccc3)c3cc(C)c(C)cc23)cc1. The van der Waals surface area contributed by atoms with Gasteiger partial charge in [-0.15, -0.1) is 10.2 Å². The van der Waals surface area contributed by atoms with E-state index < -0.39 is 0 Å². The number of aromatic nitrogens is 2. The first-order valence-electron chi connectivity index (χ1n) is 9.94. The number of hydrogen-bond donors (Lipinski definition) is 1. The largest absolute Gasteiger partial charge is 0.462 e. The Hall–Kier alpha value is -3.73. The van der Waals surface area contributed by atoms with Crippen molar-refractivity contribution in [2.24, 2.45) is 0 Å². The summed E-state index contributed by atoms with van der Waals surface area (Å²) >= 11 is 0. The van der Waals surface area contributed by atoms with Crippen LogP contribution in [0.5, 0.6) is 0 Å². The highest BCUT2D eigenvalue weighted by Gasteiger charge is 2.14. The minimum absolute atomic E-state index is 0.325. The summed E-state index contributed by atoms with van der Waals surface area (Å²) in [6.45, 7) is 6.33. The van der Waals surface area contributed by atoms with Gasteiger partial charge in [-0.25, -0.2) is 4.79 Å². The molecule has 0 spiro atoms. The number of anilines is 2. The maximum Gasteiger partial charge on any atom is 0.338 e. The summed E-state index contributed by atoms with van der Waals surface area (Å²) in [5.74, 6) is 0.389. The van der Waals surface area contributed by atoms with Gasteiger partial charge in [-0.1, -0.05) is 30.3 Å². The second-order valence-corrected chi connectivity index (χ2v) is 7.17. The number of para-hydroxylation sites is 1. The number of benzene rings is 3. The predicted octanol–water partition coefficient (Wildman–Crippen LogP) is 5.83. The number of carbonyl (C=O) groups is 1. The second kappa shape index (κ2) is 8.33. The molecule has 0 saturated heterocycles. The van der Waals surface area contributed by atoms with Crippen LogP contribution in [-0.4, -0.2) is 22.8 Å². The van der Waals surface area contributed by atoms with Gasteiger partial charge < -0.3 is 10.1 Å². The van der Waals surface area contributed by atoms with Crippen LogP contribution in [0.25, 0.3) is 22.0 Å². The summed E-state index contributed by atoms with van der Waals surface area (Å²) in [5, 5.41) is 14.4. The number of esters is 1. The molecule has 0 radical (unpaired) electrons. The third-order valence-electron chi connectivity index (χ3n) is 5.10. The zero-order valence-corrected chi connectivity index (χ0v) is 17.3. The molecular weight excluding hydrogens is 374 g/mol. The molecule has 1 N–H and O–H groups in total. The second-order valence-electron chi connectivity index (χ2n) is 7.17. The van der Waals surface area contributed by atoms with Gasteiger partial charge in [-0.2, -0.15) is 0 Å². The molecule has 0 atom stereocenters. The van der Waals surface area contributed by atoms with Crippen LogP contribution < -0.4 is 5.32 Å². The van der Waals surface area contributed by atoms with Crippen molar-refractivity contribution in [1.82, 2.24) is 10.2 Å². The summed E-state index contributed by atoms with van der Waals surface area (Å²) < 4.78 is 5.07. The fourth-order valence-corrected chi connectivity index (χ4v) is 3.36. The van der Waals surface area contributed by atoms with Crippen molar-refractivity contribution in [1.29, 1.82) is 0 Å². The molecule has 5 heteroatoms. The first-order chi connectivity index (χ1) is 14.6. The van der Waals surface area contributed by atoms with Crippen molar-refractivity contribution in [2.45, 2.75) is 20.8 Å². The highest BCUT2D eigenvalue weighted by atomic mass is 16.5. The molecule has 0 aliphatic rings. The topological polar surface area (TPSA) is 64.1 Å². The lowest BCUT2D eigenvalue weighted by molar-refractivity contribution is 0.0526. The smallest absolute Gasteiger partial charge is 0.338 e. The van der Waals surface area contributed by atoms with Crippen LogP contribution in [0, 0.1) is 13.8 Å². The maximum absolute atomic E-state index is 11.9. The molecule has 0 aliphatic heterocycles. The minimum atomic E-state index is -0.325. The number of carbonyl (C=O) groups excluding carboxylic acids is 1. The lowest BCUT2D eigenvalue weighted by Crippen LogP contribution is -2.04. The van der Waals surface area contributed by atoms with E-state index in [1.807, 2.05) is 42.5 Å². The fraction of sp³-hybridized carbons (Fsp3) is 0.160. The van der Waals surface area contributed by atoms with Crippen molar-refractivity contribution in [3.63, 3.8) is 0 Å². The van der Waals surface area contributed by atoms with Crippen molar-refractivity contribution < 1.29 is 9.53 Å². The molecule has 3 aromatic carbocycles. The molecule has 1 heterocycles. The molecule has 0 bridgehead atoms. The number of nitrogens with one attached hydrogen (secondary N) is 1. The van der Waals surface area contributed by atoms with Crippen molar-refractivity contribution in [3.05, 3.63) is 83.4 Å². The van der Waals surface area contributed by atoms with Gasteiger partial charge in [-0.3, -0.25) is 0 Å². The molecule has 4 aromatic rings. The van der Waals surface area contributed by atoms with E-state index in [2.05, 4.69) is 41.5 Å². The van der Waals surface area contributed by atoms with E-state index in [0.29, 0.717) is 18.0 Å². The number of aryl methyl sites for hydroxylation is 2. The van der Waals surface area contributed by atoms with E-state index in [4.69, 9.17) is 4.74 Å². The van der Waals surface area contributed by atoms with Gasteiger partial charge in [0.05, 0.1) is 12.2 Å². The molecule has 4 rings (SSSR count). The summed E-state index contributed by atoms with van der Waals surface area (Å²) in [5.41, 5.74) is 5.53. The minimum Gasteiger partial charge on any atom is -0.462 e. The van der Waals surface area contributed by atoms with E-state index >= 15 is 0 Å². The Bertz CT molecular complexity index is 1200. The Morgan fingerprint density at radius 2 is 1.57 bits per heavy atom. The number of hydrogen-bond acceptors (Lipinski definition) is 5.